The van der Waals surface area contributed by atoms with Gasteiger partial charge < -0.3 is 19.7 Å². The van der Waals surface area contributed by atoms with Crippen molar-refractivity contribution in [2.45, 2.75) is 29.0 Å². The number of aliphatic hydroxyl groups is 2. The smallest absolute Gasteiger partial charge is 0.171 e. The summed E-state index contributed by atoms with van der Waals surface area (Å²) in [6.07, 6.45) is -1.85. The highest BCUT2D eigenvalue weighted by Gasteiger charge is 2.41. The first kappa shape index (κ1) is 11.6. The van der Waals surface area contributed by atoms with Crippen LogP contribution < -0.4 is 0 Å². The fourth-order valence-electron chi connectivity index (χ4n) is 1.26. The molecular weight excluding hydrogens is 212 g/mol. The zero-order chi connectivity index (χ0) is 10.0. The van der Waals surface area contributed by atoms with Gasteiger partial charge in [0.2, 0.25) is 0 Å². The van der Waals surface area contributed by atoms with Gasteiger partial charge in [0.1, 0.15) is 0 Å². The molecule has 13 heavy (non-hydrogen) atoms. The van der Waals surface area contributed by atoms with Crippen LogP contribution >= 0.6 is 25.3 Å². The minimum Gasteiger partial charge on any atom is -0.394 e. The van der Waals surface area contributed by atoms with Gasteiger partial charge in [-0.15, -0.1) is 0 Å². The van der Waals surface area contributed by atoms with Crippen molar-refractivity contribution < 1.29 is 19.7 Å². The molecule has 0 amide bonds. The molecule has 2 N–H and O–H groups in total. The third kappa shape index (κ3) is 2.31. The number of aliphatic hydroxyl groups excluding tert-OH is 2. The average Bonchev–Trinajstić information content (AvgIpc) is 2.15. The molecule has 0 spiro atoms. The maximum Gasteiger partial charge on any atom is 0.171 e. The van der Waals surface area contributed by atoms with E-state index in [-0.39, 0.29) is 6.61 Å². The van der Waals surface area contributed by atoms with Crippen LogP contribution in [0.25, 0.3) is 0 Å². The Morgan fingerprint density at radius 3 is 2.46 bits per heavy atom. The molecule has 0 aromatic carbocycles. The third-order valence-corrected chi connectivity index (χ3v) is 3.27. The molecule has 6 heteroatoms. The first-order valence-electron chi connectivity index (χ1n) is 3.95. The Labute approximate surface area is 88.0 Å². The summed E-state index contributed by atoms with van der Waals surface area (Å²) < 4.78 is 10.2. The fourth-order valence-corrected chi connectivity index (χ4v) is 2.13. The number of rotatable bonds is 2. The van der Waals surface area contributed by atoms with Crippen LogP contribution in [0, 0.1) is 0 Å². The van der Waals surface area contributed by atoms with Crippen LogP contribution in [0.3, 0.4) is 0 Å². The SMILES string of the molecule is CO[C@@H]1O[C@H](CO)[C@@H](S)[C@H](O)[C@@H]1S. The van der Waals surface area contributed by atoms with E-state index in [1.165, 1.54) is 7.11 Å². The van der Waals surface area contributed by atoms with Crippen molar-refractivity contribution in [2.75, 3.05) is 13.7 Å². The first-order chi connectivity index (χ1) is 6.11. The summed E-state index contributed by atoms with van der Waals surface area (Å²) in [4.78, 5) is 0. The molecule has 78 valence electrons. The van der Waals surface area contributed by atoms with E-state index >= 15 is 0 Å². The minimum absolute atomic E-state index is 0.189. The van der Waals surface area contributed by atoms with Gasteiger partial charge in [-0.3, -0.25) is 0 Å². The molecule has 1 heterocycles. The summed E-state index contributed by atoms with van der Waals surface area (Å²) in [5.41, 5.74) is 0. The quantitative estimate of drug-likeness (QED) is 0.471. The van der Waals surface area contributed by atoms with E-state index in [0.717, 1.165) is 0 Å². The molecule has 0 radical (unpaired) electrons. The Kier molecular flexibility index (Phi) is 4.34. The molecule has 0 aliphatic carbocycles. The summed E-state index contributed by atoms with van der Waals surface area (Å²) in [6.45, 7) is -0.189. The average molecular weight is 226 g/mol. The largest absolute Gasteiger partial charge is 0.394 e. The molecule has 1 aliphatic rings. The lowest BCUT2D eigenvalue weighted by Gasteiger charge is -2.39. The van der Waals surface area contributed by atoms with Gasteiger partial charge in [-0.25, -0.2) is 0 Å². The molecule has 1 fully saturated rings. The van der Waals surface area contributed by atoms with Gasteiger partial charge >= 0.3 is 0 Å². The van der Waals surface area contributed by atoms with Crippen molar-refractivity contribution in [3.63, 3.8) is 0 Å². The van der Waals surface area contributed by atoms with Gasteiger partial charge in [0.05, 0.1) is 29.3 Å². The minimum atomic E-state index is -0.748. The van der Waals surface area contributed by atoms with Crippen molar-refractivity contribution in [3.8, 4) is 0 Å². The van der Waals surface area contributed by atoms with E-state index in [0.29, 0.717) is 0 Å². The van der Waals surface area contributed by atoms with Gasteiger partial charge in [-0.2, -0.15) is 25.3 Å². The second-order valence-electron chi connectivity index (χ2n) is 2.93. The van der Waals surface area contributed by atoms with Crippen molar-refractivity contribution in [1.82, 2.24) is 0 Å². The monoisotopic (exact) mass is 226 g/mol. The highest BCUT2D eigenvalue weighted by atomic mass is 32.1. The molecule has 0 saturated carbocycles. The third-order valence-electron chi connectivity index (χ3n) is 2.08. The highest BCUT2D eigenvalue weighted by Crippen LogP contribution is 2.28. The summed E-state index contributed by atoms with van der Waals surface area (Å²) in [5, 5.41) is 17.7. The first-order valence-corrected chi connectivity index (χ1v) is 4.98. The standard InChI is InChI=1S/C7H14O4S2/c1-10-7-6(13)4(9)5(12)3(2-8)11-7/h3-9,12-13H,2H2,1H3/t3-,4+,5-,6+,7-/m1/s1. The molecule has 0 unspecified atom stereocenters. The van der Waals surface area contributed by atoms with Crippen molar-refractivity contribution >= 4 is 25.3 Å². The molecule has 0 aromatic rings. The maximum absolute atomic E-state index is 9.63. The zero-order valence-electron chi connectivity index (χ0n) is 7.20. The normalized spacial score (nSPS) is 46.4. The second kappa shape index (κ2) is 4.86. The van der Waals surface area contributed by atoms with Crippen LogP contribution in [0.1, 0.15) is 0 Å². The van der Waals surface area contributed by atoms with Gasteiger partial charge in [0.25, 0.3) is 0 Å². The van der Waals surface area contributed by atoms with Crippen molar-refractivity contribution in [1.29, 1.82) is 0 Å². The van der Waals surface area contributed by atoms with E-state index in [9.17, 15) is 5.11 Å². The van der Waals surface area contributed by atoms with Crippen LogP contribution in [-0.2, 0) is 9.47 Å². The number of hydrogen-bond donors (Lipinski definition) is 4. The number of thiol groups is 2. The summed E-state index contributed by atoms with van der Waals surface area (Å²) in [7, 11) is 1.47. The predicted octanol–water partition coefficient (Wildman–Crippen LogP) is -0.692. The summed E-state index contributed by atoms with van der Waals surface area (Å²) in [6, 6.07) is 0. The Morgan fingerprint density at radius 2 is 2.00 bits per heavy atom. The Bertz CT molecular complexity index is 149. The van der Waals surface area contributed by atoms with E-state index < -0.39 is 29.0 Å². The Morgan fingerprint density at radius 1 is 1.38 bits per heavy atom. The highest BCUT2D eigenvalue weighted by molar-refractivity contribution is 7.82. The van der Waals surface area contributed by atoms with Crippen LogP contribution in [-0.4, -0.2) is 52.9 Å². The topological polar surface area (TPSA) is 58.9 Å². The molecule has 5 atom stereocenters. The maximum atomic E-state index is 9.63. The van der Waals surface area contributed by atoms with Crippen molar-refractivity contribution in [3.05, 3.63) is 0 Å². The van der Waals surface area contributed by atoms with Gasteiger partial charge in [-0.05, 0) is 0 Å². The Hall–Kier alpha value is 0.540. The molecule has 1 aliphatic heterocycles. The van der Waals surface area contributed by atoms with E-state index in [2.05, 4.69) is 25.3 Å². The lowest BCUT2D eigenvalue weighted by atomic mass is 10.0. The lowest BCUT2D eigenvalue weighted by Crippen LogP contribution is -2.54. The van der Waals surface area contributed by atoms with Gasteiger partial charge in [0, 0.05) is 7.11 Å². The number of hydrogen-bond acceptors (Lipinski definition) is 6. The van der Waals surface area contributed by atoms with Crippen LogP contribution in [0.4, 0.5) is 0 Å². The van der Waals surface area contributed by atoms with Crippen LogP contribution in [0.2, 0.25) is 0 Å². The Balaban J connectivity index is 2.66. The van der Waals surface area contributed by atoms with E-state index in [1.807, 2.05) is 0 Å². The molecule has 4 nitrogen and oxygen atoms in total. The van der Waals surface area contributed by atoms with Gasteiger partial charge in [-0.1, -0.05) is 0 Å². The van der Waals surface area contributed by atoms with Crippen LogP contribution in [0.15, 0.2) is 0 Å². The van der Waals surface area contributed by atoms with Crippen LogP contribution in [0.5, 0.6) is 0 Å². The molecule has 1 saturated heterocycles. The molecule has 1 rings (SSSR count). The van der Waals surface area contributed by atoms with Crippen molar-refractivity contribution in [2.24, 2.45) is 0 Å². The molecular formula is C7H14O4S2. The predicted molar refractivity (Wildman–Crippen MR) is 54.3 cm³/mol. The zero-order valence-corrected chi connectivity index (χ0v) is 8.99. The van der Waals surface area contributed by atoms with E-state index in [4.69, 9.17) is 14.6 Å². The van der Waals surface area contributed by atoms with E-state index in [1.54, 1.807) is 0 Å². The van der Waals surface area contributed by atoms with Gasteiger partial charge in [0.15, 0.2) is 6.29 Å². The second-order valence-corrected chi connectivity index (χ2v) is 4.13. The lowest BCUT2D eigenvalue weighted by molar-refractivity contribution is -0.202. The fraction of sp³-hybridized carbons (Fsp3) is 1.00. The summed E-state index contributed by atoms with van der Waals surface area (Å²) in [5.74, 6) is 0. The summed E-state index contributed by atoms with van der Waals surface area (Å²) >= 11 is 8.27. The number of methoxy groups -OCH3 is 1. The molecule has 0 aromatic heterocycles. The number of ether oxygens (including phenoxy) is 2. The molecule has 0 bridgehead atoms.